The molecule has 0 aromatic heterocycles. The minimum absolute atomic E-state index is 0. The normalized spacial score (nSPS) is 13.0. The van der Waals surface area contributed by atoms with Crippen molar-refractivity contribution < 1.29 is 52.5 Å². The Bertz CT molecular complexity index is 234. The van der Waals surface area contributed by atoms with Gasteiger partial charge in [0.25, 0.3) is 10.0 Å². The van der Waals surface area contributed by atoms with Crippen LogP contribution in [0.5, 0.6) is 0 Å². The van der Waals surface area contributed by atoms with Gasteiger partial charge in [-0.05, 0) is 19.4 Å². The van der Waals surface area contributed by atoms with Crippen LogP contribution in [0.1, 0.15) is 19.8 Å². The summed E-state index contributed by atoms with van der Waals surface area (Å²) in [6.07, 6.45) is -0.249. The van der Waals surface area contributed by atoms with Gasteiger partial charge in [-0.15, -0.1) is 0 Å². The molecule has 1 N–H and O–H groups in total. The largest absolute Gasteiger partial charge is 1.00 e. The Balaban J connectivity index is 0. The molecule has 0 saturated heterocycles. The first-order valence-corrected chi connectivity index (χ1v) is 8.67. The number of aliphatic carboxylic acids is 1. The van der Waals surface area contributed by atoms with Gasteiger partial charge in [0.05, 0.1) is 0 Å². The van der Waals surface area contributed by atoms with Crippen molar-refractivity contribution >= 4 is 42.1 Å². The van der Waals surface area contributed by atoms with Crippen LogP contribution in [-0.2, 0) is 17.8 Å². The second-order valence-corrected chi connectivity index (χ2v) is 8.61. The van der Waals surface area contributed by atoms with Crippen LogP contribution < -0.4 is 40.0 Å². The molecule has 0 rings (SSSR count). The molecule has 0 heterocycles. The summed E-state index contributed by atoms with van der Waals surface area (Å²) in [5.74, 6) is -1.45. The smallest absolute Gasteiger partial charge is 0.550 e. The van der Waals surface area contributed by atoms with Gasteiger partial charge in [-0.3, -0.25) is 4.79 Å². The fourth-order valence-electron chi connectivity index (χ4n) is 1.04. The van der Waals surface area contributed by atoms with Gasteiger partial charge >= 0.3 is 29.6 Å². The molecule has 0 spiro atoms. The van der Waals surface area contributed by atoms with E-state index in [1.165, 1.54) is 0 Å². The minimum Gasteiger partial charge on any atom is -0.550 e. The van der Waals surface area contributed by atoms with E-state index in [-0.39, 0.29) is 54.3 Å². The molecule has 1 amide bonds. The van der Waals surface area contributed by atoms with E-state index in [1.54, 1.807) is 0 Å². The SMILES string of the molecule is CC(C[SiH2]O[SiH2]O[SiH3])NC(=O)CCC(=O)[O-].[Na+]. The summed E-state index contributed by atoms with van der Waals surface area (Å²) in [6.45, 7) is 1.89. The first kappa shape index (κ1) is 19.8. The summed E-state index contributed by atoms with van der Waals surface area (Å²) < 4.78 is 10.4. The molecule has 0 aliphatic rings. The van der Waals surface area contributed by atoms with Crippen molar-refractivity contribution in [2.75, 3.05) is 0 Å². The Kier molecular flexibility index (Phi) is 15.1. The Morgan fingerprint density at radius 3 is 2.65 bits per heavy atom. The summed E-state index contributed by atoms with van der Waals surface area (Å²) >= 11 is 0. The van der Waals surface area contributed by atoms with Gasteiger partial charge in [0.1, 0.15) is 10.5 Å². The van der Waals surface area contributed by atoms with Crippen molar-refractivity contribution in [2.45, 2.75) is 31.9 Å². The predicted octanol–water partition coefficient (Wildman–Crippen LogP) is -7.16. The van der Waals surface area contributed by atoms with Gasteiger partial charge < -0.3 is 23.4 Å². The fourth-order valence-corrected chi connectivity index (χ4v) is 4.84. The number of carboxylic acid groups (broad SMARTS) is 1. The van der Waals surface area contributed by atoms with Crippen LogP contribution in [0.25, 0.3) is 0 Å². The van der Waals surface area contributed by atoms with Crippen LogP contribution in [0.3, 0.4) is 0 Å². The molecule has 0 fully saturated rings. The molecule has 0 aliphatic carbocycles. The zero-order valence-electron chi connectivity index (χ0n) is 10.7. The van der Waals surface area contributed by atoms with E-state index < -0.39 is 25.7 Å². The Hall–Kier alpha value is 0.511. The average Bonchev–Trinajstić information content (AvgIpc) is 2.21. The molecule has 0 aliphatic heterocycles. The molecule has 94 valence electrons. The first-order chi connectivity index (χ1) is 7.56. The maximum absolute atomic E-state index is 11.2. The topological polar surface area (TPSA) is 87.7 Å². The monoisotopic (exact) mass is 303 g/mol. The van der Waals surface area contributed by atoms with Crippen molar-refractivity contribution in [1.29, 1.82) is 0 Å². The number of hydrogen-bond donors (Lipinski definition) is 1. The molecule has 0 aromatic rings. The summed E-state index contributed by atoms with van der Waals surface area (Å²) in [5, 5.41) is 12.8. The molecular weight excluding hydrogens is 285 g/mol. The van der Waals surface area contributed by atoms with Crippen LogP contribution in [0.15, 0.2) is 0 Å². The summed E-state index contributed by atoms with van der Waals surface area (Å²) in [4.78, 5) is 21.3. The van der Waals surface area contributed by atoms with E-state index >= 15 is 0 Å². The molecule has 6 nitrogen and oxygen atoms in total. The maximum Gasteiger partial charge on any atom is 1.00 e. The maximum atomic E-state index is 11.2. The molecule has 1 atom stereocenters. The van der Waals surface area contributed by atoms with E-state index in [4.69, 9.17) is 8.23 Å². The van der Waals surface area contributed by atoms with Gasteiger partial charge in [0.15, 0.2) is 9.76 Å². The number of carboxylic acids is 1. The van der Waals surface area contributed by atoms with E-state index in [9.17, 15) is 14.7 Å². The van der Waals surface area contributed by atoms with E-state index in [0.717, 1.165) is 16.5 Å². The van der Waals surface area contributed by atoms with E-state index in [2.05, 4.69) is 5.32 Å². The van der Waals surface area contributed by atoms with Crippen molar-refractivity contribution in [1.82, 2.24) is 5.32 Å². The van der Waals surface area contributed by atoms with Gasteiger partial charge in [0, 0.05) is 18.4 Å². The van der Waals surface area contributed by atoms with Crippen molar-refractivity contribution in [2.24, 2.45) is 0 Å². The summed E-state index contributed by atoms with van der Waals surface area (Å²) in [5.41, 5.74) is 0. The van der Waals surface area contributed by atoms with Gasteiger partial charge in [-0.25, -0.2) is 0 Å². The van der Waals surface area contributed by atoms with E-state index in [1.807, 2.05) is 6.92 Å². The Morgan fingerprint density at radius 1 is 1.47 bits per heavy atom. The summed E-state index contributed by atoms with van der Waals surface area (Å²) in [6, 6.07) is 0.888. The predicted molar refractivity (Wildman–Crippen MR) is 65.8 cm³/mol. The quantitative estimate of drug-likeness (QED) is 0.338. The Labute approximate surface area is 131 Å². The number of carbonyl (C=O) groups is 2. The molecule has 17 heavy (non-hydrogen) atoms. The van der Waals surface area contributed by atoms with Gasteiger partial charge in [-0.2, -0.15) is 0 Å². The zero-order chi connectivity index (χ0) is 12.4. The molecule has 1 unspecified atom stereocenters. The molecule has 0 radical (unpaired) electrons. The third-order valence-electron chi connectivity index (χ3n) is 1.86. The standard InChI is InChI=1S/C7H19NO5Si3.Na/c1-5(4-15-13-16-12-14)8-6(9)2-3-7(10)11;/h5H,2-4,15-16H2,1,14H3,(H,8,9)(H,10,11);/q;+1/p-1. The van der Waals surface area contributed by atoms with Crippen LogP contribution >= 0.6 is 0 Å². The molecule has 0 bridgehead atoms. The van der Waals surface area contributed by atoms with Crippen molar-refractivity contribution in [3.8, 4) is 0 Å². The number of nitrogens with one attached hydrogen (secondary N) is 1. The fraction of sp³-hybridized carbons (Fsp3) is 0.714. The van der Waals surface area contributed by atoms with Crippen LogP contribution in [0.2, 0.25) is 6.04 Å². The first-order valence-electron chi connectivity index (χ1n) is 5.12. The molecule has 0 aromatic carbocycles. The molecule has 0 saturated carbocycles. The molecule has 10 heteroatoms. The van der Waals surface area contributed by atoms with Crippen molar-refractivity contribution in [3.63, 3.8) is 0 Å². The second kappa shape index (κ2) is 13.0. The van der Waals surface area contributed by atoms with Gasteiger partial charge in [0.2, 0.25) is 5.91 Å². The number of rotatable bonds is 9. The van der Waals surface area contributed by atoms with Crippen LogP contribution in [-0.4, -0.2) is 48.2 Å². The third kappa shape index (κ3) is 14.5. The van der Waals surface area contributed by atoms with Crippen LogP contribution in [0, 0.1) is 0 Å². The molecular formula is C7H18NNaO5Si3. The second-order valence-electron chi connectivity index (χ2n) is 3.44. The van der Waals surface area contributed by atoms with E-state index in [0.29, 0.717) is 0 Å². The number of carbonyl (C=O) groups excluding carboxylic acids is 2. The number of hydrogen-bond acceptors (Lipinski definition) is 5. The van der Waals surface area contributed by atoms with Crippen LogP contribution in [0.4, 0.5) is 0 Å². The third-order valence-corrected chi connectivity index (χ3v) is 5.73. The Morgan fingerprint density at radius 2 is 2.12 bits per heavy atom. The van der Waals surface area contributed by atoms with Crippen molar-refractivity contribution in [3.05, 3.63) is 0 Å². The summed E-state index contributed by atoms with van der Waals surface area (Å²) in [7, 11) is -0.621. The minimum atomic E-state index is -1.20. The average molecular weight is 303 g/mol. The zero-order valence-corrected chi connectivity index (χ0v) is 17.5. The number of amides is 1. The van der Waals surface area contributed by atoms with Gasteiger partial charge in [-0.1, -0.05) is 0 Å².